The maximum atomic E-state index is 12.0. The predicted octanol–water partition coefficient (Wildman–Crippen LogP) is 6.38. The maximum absolute atomic E-state index is 12.0. The van der Waals surface area contributed by atoms with Crippen LogP contribution < -0.4 is 0 Å². The molecule has 0 rings (SSSR count). The van der Waals surface area contributed by atoms with E-state index in [1.807, 2.05) is 0 Å². The second-order valence-corrected chi connectivity index (χ2v) is 12.0. The molecule has 0 aromatic heterocycles. The number of esters is 2. The van der Waals surface area contributed by atoms with Gasteiger partial charge in [-0.2, -0.15) is 0 Å². The molecule has 0 aromatic carbocycles. The zero-order valence-electron chi connectivity index (χ0n) is 25.1. The number of carbonyl (C=O) groups excluding carboxylic acids is 2. The first kappa shape index (κ1) is 39.0. The van der Waals surface area contributed by atoms with E-state index in [1.165, 1.54) is 89.9 Å². The fraction of sp³-hybridized carbons (Fsp3) is 0.931. The molecule has 0 spiro atoms. The number of phosphoric acid groups is 1. The van der Waals surface area contributed by atoms with Gasteiger partial charge in [0, 0.05) is 13.3 Å². The SMILES string of the molecule is CCCCCCCCCCCCCCCCCCCCC(=O)OC[C@H](COP(=O)(O)OC[C@@H](O)CO)OC(C)=O. The highest BCUT2D eigenvalue weighted by molar-refractivity contribution is 7.47. The minimum atomic E-state index is -4.56. The largest absolute Gasteiger partial charge is 0.472 e. The van der Waals surface area contributed by atoms with Crippen LogP contribution in [0, 0.1) is 0 Å². The molecule has 10 nitrogen and oxygen atoms in total. The topological polar surface area (TPSA) is 149 Å². The number of phosphoric ester groups is 1. The predicted molar refractivity (Wildman–Crippen MR) is 155 cm³/mol. The minimum absolute atomic E-state index is 0.243. The van der Waals surface area contributed by atoms with Crippen molar-refractivity contribution in [3.8, 4) is 0 Å². The molecule has 0 aliphatic rings. The molecular weight excluding hydrogens is 539 g/mol. The summed E-state index contributed by atoms with van der Waals surface area (Å²) in [5.41, 5.74) is 0. The van der Waals surface area contributed by atoms with Crippen molar-refractivity contribution in [1.82, 2.24) is 0 Å². The number of hydrogen-bond acceptors (Lipinski definition) is 9. The summed E-state index contributed by atoms with van der Waals surface area (Å²) < 4.78 is 31.2. The van der Waals surface area contributed by atoms with Crippen LogP contribution in [0.25, 0.3) is 0 Å². The third-order valence-electron chi connectivity index (χ3n) is 6.56. The summed E-state index contributed by atoms with van der Waals surface area (Å²) in [7, 11) is -4.56. The first-order chi connectivity index (χ1) is 19.2. The quantitative estimate of drug-likeness (QED) is 0.0504. The third-order valence-corrected chi connectivity index (χ3v) is 7.51. The lowest BCUT2D eigenvalue weighted by Gasteiger charge is -2.19. The molecule has 0 amide bonds. The number of ether oxygens (including phenoxy) is 2. The van der Waals surface area contributed by atoms with Gasteiger partial charge in [-0.15, -0.1) is 0 Å². The highest BCUT2D eigenvalue weighted by Crippen LogP contribution is 2.43. The van der Waals surface area contributed by atoms with E-state index >= 15 is 0 Å². The lowest BCUT2D eigenvalue weighted by atomic mass is 10.0. The Labute approximate surface area is 242 Å². The third kappa shape index (κ3) is 27.2. The first-order valence-corrected chi connectivity index (χ1v) is 16.9. The summed E-state index contributed by atoms with van der Waals surface area (Å²) in [6.07, 6.45) is 20.6. The Balaban J connectivity index is 3.74. The summed E-state index contributed by atoms with van der Waals surface area (Å²) >= 11 is 0. The molecule has 238 valence electrons. The van der Waals surface area contributed by atoms with E-state index in [9.17, 15) is 24.2 Å². The summed E-state index contributed by atoms with van der Waals surface area (Å²) in [6.45, 7) is 1.28. The van der Waals surface area contributed by atoms with Gasteiger partial charge >= 0.3 is 19.8 Å². The fourth-order valence-corrected chi connectivity index (χ4v) is 5.02. The van der Waals surface area contributed by atoms with Crippen LogP contribution in [0.2, 0.25) is 0 Å². The summed E-state index contributed by atoms with van der Waals surface area (Å²) in [4.78, 5) is 32.9. The molecule has 3 atom stereocenters. The number of unbranched alkanes of at least 4 members (excludes halogenated alkanes) is 17. The molecule has 1 unspecified atom stereocenters. The van der Waals surface area contributed by atoms with Gasteiger partial charge in [-0.05, 0) is 6.42 Å². The number of aliphatic hydroxyl groups excluding tert-OH is 2. The van der Waals surface area contributed by atoms with Crippen LogP contribution in [0.5, 0.6) is 0 Å². The number of carbonyl (C=O) groups is 2. The smallest absolute Gasteiger partial charge is 0.462 e. The molecule has 0 saturated carbocycles. The van der Waals surface area contributed by atoms with E-state index in [2.05, 4.69) is 11.4 Å². The molecule has 0 fully saturated rings. The molecule has 0 radical (unpaired) electrons. The number of hydrogen-bond donors (Lipinski definition) is 3. The fourth-order valence-electron chi connectivity index (χ4n) is 4.23. The van der Waals surface area contributed by atoms with Crippen molar-refractivity contribution < 1.29 is 47.8 Å². The van der Waals surface area contributed by atoms with Crippen molar-refractivity contribution >= 4 is 19.8 Å². The van der Waals surface area contributed by atoms with Gasteiger partial charge in [0.2, 0.25) is 0 Å². The Bertz CT molecular complexity index is 661. The van der Waals surface area contributed by atoms with Crippen molar-refractivity contribution in [1.29, 1.82) is 0 Å². The van der Waals surface area contributed by atoms with Gasteiger partial charge in [0.1, 0.15) is 12.7 Å². The summed E-state index contributed by atoms with van der Waals surface area (Å²) in [5.74, 6) is -1.11. The van der Waals surface area contributed by atoms with E-state index in [0.717, 1.165) is 26.2 Å². The highest BCUT2D eigenvalue weighted by Gasteiger charge is 2.26. The molecule has 11 heteroatoms. The van der Waals surface area contributed by atoms with Crippen LogP contribution in [0.4, 0.5) is 0 Å². The standard InChI is InChI=1S/C29H57O10P/c1-3-4-5-6-7-8-9-10-11-12-13-14-15-16-17-18-19-20-21-29(33)36-24-28(39-26(2)31)25-38-40(34,35)37-23-27(32)22-30/h27-28,30,32H,3-25H2,1-2H3,(H,34,35)/t27-,28+/m0/s1. The Morgan fingerprint density at radius 3 is 1.55 bits per heavy atom. The van der Waals surface area contributed by atoms with Crippen molar-refractivity contribution in [3.05, 3.63) is 0 Å². The molecule has 0 bridgehead atoms. The van der Waals surface area contributed by atoms with Gasteiger partial charge in [0.05, 0.1) is 19.8 Å². The van der Waals surface area contributed by atoms with Crippen molar-refractivity contribution in [2.45, 2.75) is 148 Å². The molecule has 0 aliphatic heterocycles. The van der Waals surface area contributed by atoms with Gasteiger partial charge in [0.25, 0.3) is 0 Å². The van der Waals surface area contributed by atoms with Crippen LogP contribution in [0.15, 0.2) is 0 Å². The summed E-state index contributed by atoms with van der Waals surface area (Å²) in [6, 6.07) is 0. The molecule has 0 aliphatic carbocycles. The Hall–Kier alpha value is -1.03. The van der Waals surface area contributed by atoms with Crippen molar-refractivity contribution in [2.24, 2.45) is 0 Å². The van der Waals surface area contributed by atoms with Gasteiger partial charge in [-0.25, -0.2) is 4.57 Å². The van der Waals surface area contributed by atoms with Gasteiger partial charge in [0.15, 0.2) is 6.10 Å². The zero-order valence-corrected chi connectivity index (χ0v) is 26.0. The van der Waals surface area contributed by atoms with Crippen LogP contribution in [-0.2, 0) is 32.7 Å². The van der Waals surface area contributed by atoms with Gasteiger partial charge < -0.3 is 24.6 Å². The summed E-state index contributed by atoms with van der Waals surface area (Å²) in [5, 5.41) is 17.9. The molecular formula is C29H57O10P. The monoisotopic (exact) mass is 596 g/mol. The first-order valence-electron chi connectivity index (χ1n) is 15.4. The average Bonchev–Trinajstić information content (AvgIpc) is 2.92. The average molecular weight is 597 g/mol. The molecule has 3 N–H and O–H groups in total. The number of rotatable bonds is 29. The van der Waals surface area contributed by atoms with E-state index in [-0.39, 0.29) is 13.0 Å². The number of aliphatic hydroxyl groups is 2. The van der Waals surface area contributed by atoms with Crippen molar-refractivity contribution in [3.63, 3.8) is 0 Å². The minimum Gasteiger partial charge on any atom is -0.462 e. The normalized spacial score (nSPS) is 14.4. The molecule has 0 heterocycles. The lowest BCUT2D eigenvalue weighted by molar-refractivity contribution is -0.159. The van der Waals surface area contributed by atoms with E-state index in [0.29, 0.717) is 6.42 Å². The zero-order chi connectivity index (χ0) is 29.9. The Morgan fingerprint density at radius 1 is 0.700 bits per heavy atom. The van der Waals surface area contributed by atoms with Crippen molar-refractivity contribution in [2.75, 3.05) is 26.4 Å². The maximum Gasteiger partial charge on any atom is 0.472 e. The van der Waals surface area contributed by atoms with Crippen LogP contribution in [-0.4, -0.2) is 65.7 Å². The Morgan fingerprint density at radius 2 is 1.12 bits per heavy atom. The molecule has 0 aromatic rings. The lowest BCUT2D eigenvalue weighted by Crippen LogP contribution is -2.29. The van der Waals surface area contributed by atoms with Gasteiger partial charge in [-0.1, -0.05) is 116 Å². The van der Waals surface area contributed by atoms with Crippen LogP contribution in [0.3, 0.4) is 0 Å². The van der Waals surface area contributed by atoms with E-state index in [1.54, 1.807) is 0 Å². The Kier molecular flexibility index (Phi) is 26.2. The van der Waals surface area contributed by atoms with Gasteiger partial charge in [-0.3, -0.25) is 18.6 Å². The van der Waals surface area contributed by atoms with E-state index < -0.39 is 51.8 Å². The molecule has 40 heavy (non-hydrogen) atoms. The highest BCUT2D eigenvalue weighted by atomic mass is 31.2. The second kappa shape index (κ2) is 26.8. The molecule has 0 saturated heterocycles. The second-order valence-electron chi connectivity index (χ2n) is 10.6. The van der Waals surface area contributed by atoms with Crippen LogP contribution >= 0.6 is 7.82 Å². The van der Waals surface area contributed by atoms with Crippen LogP contribution in [0.1, 0.15) is 136 Å². The van der Waals surface area contributed by atoms with E-state index in [4.69, 9.17) is 19.1 Å².